The highest BCUT2D eigenvalue weighted by atomic mass is 16.2. The van der Waals surface area contributed by atoms with Crippen LogP contribution in [-0.2, 0) is 16.1 Å². The quantitative estimate of drug-likeness (QED) is 0.517. The molecule has 1 aromatic carbocycles. The summed E-state index contributed by atoms with van der Waals surface area (Å²) < 4.78 is 0. The normalized spacial score (nSPS) is 9.96. The molecule has 0 saturated carbocycles. The van der Waals surface area contributed by atoms with Crippen molar-refractivity contribution in [1.82, 2.24) is 10.6 Å². The summed E-state index contributed by atoms with van der Waals surface area (Å²) in [5, 5.41) is 8.05. The molecule has 0 saturated heterocycles. The molecular weight excluding hydrogens is 296 g/mol. The molecular formula is C16H24N4O3. The second kappa shape index (κ2) is 10.2. The van der Waals surface area contributed by atoms with Crippen molar-refractivity contribution < 1.29 is 14.4 Å². The minimum atomic E-state index is -0.521. The fourth-order valence-electron chi connectivity index (χ4n) is 2.00. The molecule has 0 radical (unpaired) electrons. The van der Waals surface area contributed by atoms with Crippen LogP contribution in [0, 0.1) is 0 Å². The highest BCUT2D eigenvalue weighted by molar-refractivity contribution is 5.88. The van der Waals surface area contributed by atoms with Gasteiger partial charge >= 0.3 is 6.03 Å². The minimum absolute atomic E-state index is 0.00111. The van der Waals surface area contributed by atoms with Crippen molar-refractivity contribution in [2.45, 2.75) is 39.2 Å². The molecule has 126 valence electrons. The van der Waals surface area contributed by atoms with Crippen LogP contribution in [0.3, 0.4) is 0 Å². The van der Waals surface area contributed by atoms with Gasteiger partial charge in [0.1, 0.15) is 0 Å². The van der Waals surface area contributed by atoms with E-state index in [0.717, 1.165) is 30.5 Å². The molecule has 0 aliphatic carbocycles. The van der Waals surface area contributed by atoms with Crippen molar-refractivity contribution in [3.63, 3.8) is 0 Å². The maximum Gasteiger partial charge on any atom is 0.312 e. The summed E-state index contributed by atoms with van der Waals surface area (Å²) in [7, 11) is 0. The van der Waals surface area contributed by atoms with Crippen LogP contribution in [0.1, 0.15) is 38.2 Å². The van der Waals surface area contributed by atoms with Gasteiger partial charge in [0, 0.05) is 32.1 Å². The van der Waals surface area contributed by atoms with Gasteiger partial charge in [-0.25, -0.2) is 4.79 Å². The largest absolute Gasteiger partial charge is 0.352 e. The van der Waals surface area contributed by atoms with Gasteiger partial charge in [-0.05, 0) is 30.5 Å². The molecule has 0 spiro atoms. The first kappa shape index (κ1) is 18.5. The van der Waals surface area contributed by atoms with Crippen LogP contribution in [0.15, 0.2) is 24.3 Å². The maximum atomic E-state index is 11.7. The monoisotopic (exact) mass is 320 g/mol. The Labute approximate surface area is 136 Å². The molecule has 0 aliphatic heterocycles. The van der Waals surface area contributed by atoms with Gasteiger partial charge in [0.25, 0.3) is 0 Å². The number of anilines is 1. The number of hydrogen-bond donors (Lipinski definition) is 4. The minimum Gasteiger partial charge on any atom is -0.352 e. The fraction of sp³-hybridized carbons (Fsp3) is 0.438. The van der Waals surface area contributed by atoms with Crippen molar-refractivity contribution >= 4 is 23.5 Å². The smallest absolute Gasteiger partial charge is 0.312 e. The molecule has 0 heterocycles. The number of unbranched alkanes of at least 4 members (excludes halogenated alkanes) is 2. The SMILES string of the molecule is CC(=O)Nc1ccc(CNC(=O)CCCCCNC(N)=O)cc1. The van der Waals surface area contributed by atoms with Crippen molar-refractivity contribution in [2.24, 2.45) is 5.73 Å². The lowest BCUT2D eigenvalue weighted by Gasteiger charge is -2.07. The first-order valence-corrected chi connectivity index (χ1v) is 7.64. The summed E-state index contributed by atoms with van der Waals surface area (Å²) in [6, 6.07) is 6.80. The molecule has 4 amide bonds. The Bertz CT molecular complexity index is 529. The zero-order valence-electron chi connectivity index (χ0n) is 13.4. The molecule has 7 nitrogen and oxygen atoms in total. The van der Waals surface area contributed by atoms with Crippen LogP contribution < -0.4 is 21.7 Å². The lowest BCUT2D eigenvalue weighted by Crippen LogP contribution is -2.30. The van der Waals surface area contributed by atoms with E-state index in [9.17, 15) is 14.4 Å². The van der Waals surface area contributed by atoms with Crippen LogP contribution in [-0.4, -0.2) is 24.4 Å². The van der Waals surface area contributed by atoms with E-state index in [1.54, 1.807) is 12.1 Å². The second-order valence-electron chi connectivity index (χ2n) is 5.26. The molecule has 0 bridgehead atoms. The number of carbonyl (C=O) groups excluding carboxylic acids is 3. The Morgan fingerprint density at radius 1 is 1.00 bits per heavy atom. The molecule has 1 rings (SSSR count). The Morgan fingerprint density at radius 3 is 2.30 bits per heavy atom. The van der Waals surface area contributed by atoms with Gasteiger partial charge in [-0.2, -0.15) is 0 Å². The average Bonchev–Trinajstić information content (AvgIpc) is 2.49. The number of rotatable bonds is 9. The highest BCUT2D eigenvalue weighted by Gasteiger charge is 2.02. The summed E-state index contributed by atoms with van der Waals surface area (Å²) in [5.74, 6) is -0.115. The molecule has 0 fully saturated rings. The maximum absolute atomic E-state index is 11.7. The Kier molecular flexibility index (Phi) is 8.20. The van der Waals surface area contributed by atoms with Gasteiger partial charge < -0.3 is 21.7 Å². The predicted molar refractivity (Wildman–Crippen MR) is 88.6 cm³/mol. The molecule has 5 N–H and O–H groups in total. The lowest BCUT2D eigenvalue weighted by molar-refractivity contribution is -0.121. The third-order valence-electron chi connectivity index (χ3n) is 3.14. The third-order valence-corrected chi connectivity index (χ3v) is 3.14. The number of primary amides is 1. The van der Waals surface area contributed by atoms with Crippen molar-refractivity contribution in [3.8, 4) is 0 Å². The van der Waals surface area contributed by atoms with E-state index in [1.807, 2.05) is 12.1 Å². The number of carbonyl (C=O) groups is 3. The molecule has 23 heavy (non-hydrogen) atoms. The van der Waals surface area contributed by atoms with E-state index in [-0.39, 0.29) is 11.8 Å². The van der Waals surface area contributed by atoms with E-state index in [4.69, 9.17) is 5.73 Å². The summed E-state index contributed by atoms with van der Waals surface area (Å²) in [6.07, 6.45) is 2.90. The number of nitrogens with two attached hydrogens (primary N) is 1. The van der Waals surface area contributed by atoms with Gasteiger partial charge in [-0.1, -0.05) is 18.6 Å². The molecule has 0 unspecified atom stereocenters. The van der Waals surface area contributed by atoms with Gasteiger partial charge in [-0.3, -0.25) is 9.59 Å². The van der Waals surface area contributed by atoms with Crippen LogP contribution in [0.4, 0.5) is 10.5 Å². The first-order chi connectivity index (χ1) is 11.0. The Balaban J connectivity index is 2.15. The topological polar surface area (TPSA) is 113 Å². The van der Waals surface area contributed by atoms with Crippen LogP contribution in [0.5, 0.6) is 0 Å². The zero-order chi connectivity index (χ0) is 17.1. The van der Waals surface area contributed by atoms with Crippen LogP contribution in [0.2, 0.25) is 0 Å². The van der Waals surface area contributed by atoms with E-state index >= 15 is 0 Å². The highest BCUT2D eigenvalue weighted by Crippen LogP contribution is 2.09. The van der Waals surface area contributed by atoms with E-state index in [0.29, 0.717) is 19.5 Å². The number of nitrogens with one attached hydrogen (secondary N) is 3. The molecule has 7 heteroatoms. The summed E-state index contributed by atoms with van der Waals surface area (Å²) >= 11 is 0. The van der Waals surface area contributed by atoms with E-state index in [2.05, 4.69) is 16.0 Å². The zero-order valence-corrected chi connectivity index (χ0v) is 13.4. The predicted octanol–water partition coefficient (Wildman–Crippen LogP) is 1.49. The van der Waals surface area contributed by atoms with Gasteiger partial charge in [0.15, 0.2) is 0 Å². The van der Waals surface area contributed by atoms with Crippen molar-refractivity contribution in [1.29, 1.82) is 0 Å². The second-order valence-corrected chi connectivity index (χ2v) is 5.26. The van der Waals surface area contributed by atoms with Crippen LogP contribution >= 0.6 is 0 Å². The summed E-state index contributed by atoms with van der Waals surface area (Å²) in [6.45, 7) is 2.46. The molecule has 1 aromatic rings. The van der Waals surface area contributed by atoms with Crippen LogP contribution in [0.25, 0.3) is 0 Å². The average molecular weight is 320 g/mol. The summed E-state index contributed by atoms with van der Waals surface area (Å²) in [5.41, 5.74) is 6.65. The van der Waals surface area contributed by atoms with Gasteiger partial charge in [-0.15, -0.1) is 0 Å². The van der Waals surface area contributed by atoms with Gasteiger partial charge in [0.05, 0.1) is 0 Å². The number of urea groups is 1. The fourth-order valence-corrected chi connectivity index (χ4v) is 2.00. The first-order valence-electron chi connectivity index (χ1n) is 7.64. The van der Waals surface area contributed by atoms with E-state index < -0.39 is 6.03 Å². The molecule has 0 aromatic heterocycles. The summed E-state index contributed by atoms with van der Waals surface area (Å²) in [4.78, 5) is 33.1. The molecule has 0 atom stereocenters. The standard InChI is InChI=1S/C16H24N4O3/c1-12(21)20-14-8-6-13(7-9-14)11-19-15(22)5-3-2-4-10-18-16(17)23/h6-9H,2-5,10-11H2,1H3,(H,19,22)(H,20,21)(H3,17,18,23). The number of benzene rings is 1. The van der Waals surface area contributed by atoms with Gasteiger partial charge in [0.2, 0.25) is 11.8 Å². The van der Waals surface area contributed by atoms with Crippen molar-refractivity contribution in [3.05, 3.63) is 29.8 Å². The van der Waals surface area contributed by atoms with Crippen molar-refractivity contribution in [2.75, 3.05) is 11.9 Å². The number of hydrogen-bond acceptors (Lipinski definition) is 3. The van der Waals surface area contributed by atoms with E-state index in [1.165, 1.54) is 6.92 Å². The third kappa shape index (κ3) is 9.13. The molecule has 0 aliphatic rings. The Morgan fingerprint density at radius 2 is 1.70 bits per heavy atom. The number of amides is 4. The lowest BCUT2D eigenvalue weighted by atomic mass is 10.1. The Hall–Kier alpha value is -2.57.